The smallest absolute Gasteiger partial charge is 0.225 e. The van der Waals surface area contributed by atoms with Gasteiger partial charge in [0, 0.05) is 6.21 Å². The van der Waals surface area contributed by atoms with E-state index in [9.17, 15) is 0 Å². The first kappa shape index (κ1) is 11.1. The van der Waals surface area contributed by atoms with Crippen LogP contribution in [0.15, 0.2) is 4.99 Å². The number of methoxy groups -OCH3 is 1. The molecule has 0 fully saturated rings. The Labute approximate surface area is 97.9 Å². The molecule has 2 rings (SSSR count). The Morgan fingerprint density at radius 2 is 2.25 bits per heavy atom. The molecule has 1 aliphatic heterocycles. The van der Waals surface area contributed by atoms with Crippen molar-refractivity contribution < 1.29 is 4.74 Å². The Bertz CT molecular complexity index is 436. The first-order valence-corrected chi connectivity index (χ1v) is 5.17. The quantitative estimate of drug-likeness (QED) is 0.586. The van der Waals surface area contributed by atoms with Gasteiger partial charge in [0.25, 0.3) is 0 Å². The molecule has 2 atom stereocenters. The lowest BCUT2D eigenvalue weighted by Crippen LogP contribution is -2.23. The van der Waals surface area contributed by atoms with Crippen molar-refractivity contribution in [1.82, 2.24) is 15.3 Å². The third-order valence-corrected chi connectivity index (χ3v) is 2.44. The van der Waals surface area contributed by atoms with Crippen molar-refractivity contribution in [3.8, 4) is 5.88 Å². The zero-order valence-corrected chi connectivity index (χ0v) is 9.69. The van der Waals surface area contributed by atoms with Crippen LogP contribution in [0.25, 0.3) is 0 Å². The van der Waals surface area contributed by atoms with Crippen molar-refractivity contribution in [2.45, 2.75) is 18.6 Å². The van der Waals surface area contributed by atoms with E-state index in [1.807, 2.05) is 0 Å². The zero-order chi connectivity index (χ0) is 11.7. The minimum absolute atomic E-state index is 0.310. The number of halogens is 1. The summed E-state index contributed by atoms with van der Waals surface area (Å²) < 4.78 is 5.17. The van der Waals surface area contributed by atoms with E-state index in [1.165, 1.54) is 7.11 Å². The Morgan fingerprint density at radius 1 is 1.50 bits per heavy atom. The molecule has 16 heavy (non-hydrogen) atoms. The fourth-order valence-electron chi connectivity index (χ4n) is 1.55. The average molecular weight is 242 g/mol. The number of aryl methyl sites for hydroxylation is 1. The van der Waals surface area contributed by atoms with Crippen molar-refractivity contribution in [2.75, 3.05) is 12.8 Å². The summed E-state index contributed by atoms with van der Waals surface area (Å²) in [5, 5.41) is 3.01. The molecule has 3 N–H and O–H groups in total. The Balaban J connectivity index is 2.43. The lowest BCUT2D eigenvalue weighted by atomic mass is 10.2. The molecule has 2 unspecified atom stereocenters. The normalized spacial score (nSPS) is 23.7. The second-order valence-electron chi connectivity index (χ2n) is 3.35. The van der Waals surface area contributed by atoms with Crippen molar-refractivity contribution in [3.63, 3.8) is 0 Å². The van der Waals surface area contributed by atoms with Crippen LogP contribution in [0, 0.1) is 6.92 Å². The molecular weight excluding hydrogens is 230 g/mol. The number of hydrogen-bond donors (Lipinski definition) is 2. The Kier molecular flexibility index (Phi) is 2.93. The number of anilines is 1. The number of aromatic nitrogens is 2. The number of alkyl halides is 1. The lowest BCUT2D eigenvalue weighted by molar-refractivity contribution is 0.384. The summed E-state index contributed by atoms with van der Waals surface area (Å²) in [6, 6.07) is 0. The van der Waals surface area contributed by atoms with E-state index < -0.39 is 0 Å². The fourth-order valence-corrected chi connectivity index (χ4v) is 1.73. The third kappa shape index (κ3) is 1.94. The molecule has 1 aromatic rings. The van der Waals surface area contributed by atoms with Crippen LogP contribution >= 0.6 is 11.6 Å². The lowest BCUT2D eigenvalue weighted by Gasteiger charge is -2.15. The number of nitrogens with zero attached hydrogens (tertiary/aromatic N) is 3. The predicted molar refractivity (Wildman–Crippen MR) is 61.7 cm³/mol. The molecule has 0 saturated heterocycles. The maximum atomic E-state index is 5.85. The van der Waals surface area contributed by atoms with Crippen LogP contribution in [0.5, 0.6) is 5.88 Å². The summed E-state index contributed by atoms with van der Waals surface area (Å²) in [6.45, 7) is 1.75. The highest BCUT2D eigenvalue weighted by Gasteiger charge is 2.26. The first-order chi connectivity index (χ1) is 7.61. The summed E-state index contributed by atoms with van der Waals surface area (Å²) in [6.07, 6.45) is 1.25. The molecule has 0 bridgehead atoms. The SMILES string of the molecule is COc1nc(C)nc(N)c1C1N=CC(Cl)N1. The van der Waals surface area contributed by atoms with E-state index in [1.54, 1.807) is 13.1 Å². The highest BCUT2D eigenvalue weighted by Crippen LogP contribution is 2.30. The number of rotatable bonds is 2. The van der Waals surface area contributed by atoms with E-state index in [2.05, 4.69) is 20.3 Å². The van der Waals surface area contributed by atoms with E-state index in [0.717, 1.165) is 0 Å². The maximum Gasteiger partial charge on any atom is 0.225 e. The minimum Gasteiger partial charge on any atom is -0.481 e. The van der Waals surface area contributed by atoms with Crippen LogP contribution in [-0.2, 0) is 0 Å². The number of nitrogen functional groups attached to an aromatic ring is 1. The molecule has 0 spiro atoms. The van der Waals surface area contributed by atoms with Gasteiger partial charge in [-0.25, -0.2) is 4.98 Å². The van der Waals surface area contributed by atoms with Crippen LogP contribution in [0.4, 0.5) is 5.82 Å². The average Bonchev–Trinajstić information content (AvgIpc) is 2.63. The molecule has 0 amide bonds. The van der Waals surface area contributed by atoms with Gasteiger partial charge >= 0.3 is 0 Å². The van der Waals surface area contributed by atoms with Gasteiger partial charge in [0.05, 0.1) is 12.7 Å². The van der Waals surface area contributed by atoms with Crippen LogP contribution in [0.3, 0.4) is 0 Å². The van der Waals surface area contributed by atoms with Crippen molar-refractivity contribution >= 4 is 23.6 Å². The maximum absolute atomic E-state index is 5.85. The number of aliphatic imine (C=N–C) groups is 1. The zero-order valence-electron chi connectivity index (χ0n) is 8.94. The molecule has 1 aliphatic rings. The molecule has 86 valence electrons. The number of nitrogens with one attached hydrogen (secondary N) is 1. The predicted octanol–water partition coefficient (Wildman–Crippen LogP) is 0.613. The number of nitrogens with two attached hydrogens (primary N) is 1. The van der Waals surface area contributed by atoms with Gasteiger partial charge in [-0.05, 0) is 6.92 Å². The summed E-state index contributed by atoms with van der Waals surface area (Å²) in [4.78, 5) is 12.4. The van der Waals surface area contributed by atoms with Crippen LogP contribution < -0.4 is 15.8 Å². The molecule has 0 aromatic carbocycles. The van der Waals surface area contributed by atoms with Crippen LogP contribution in [0.2, 0.25) is 0 Å². The highest BCUT2D eigenvalue weighted by molar-refractivity contribution is 6.28. The van der Waals surface area contributed by atoms with E-state index in [-0.39, 0.29) is 11.7 Å². The number of ether oxygens (including phenoxy) is 1. The van der Waals surface area contributed by atoms with Crippen molar-refractivity contribution in [3.05, 3.63) is 11.4 Å². The summed E-state index contributed by atoms with van der Waals surface area (Å²) >= 11 is 5.85. The summed E-state index contributed by atoms with van der Waals surface area (Å²) in [7, 11) is 1.53. The summed E-state index contributed by atoms with van der Waals surface area (Å²) in [5.41, 5.74) is 6.14. The van der Waals surface area contributed by atoms with Gasteiger partial charge in [0.2, 0.25) is 5.88 Å². The molecule has 1 aromatic heterocycles. The largest absolute Gasteiger partial charge is 0.481 e. The molecule has 0 radical (unpaired) electrons. The van der Waals surface area contributed by atoms with Gasteiger partial charge in [0.15, 0.2) is 0 Å². The molecule has 0 saturated carbocycles. The van der Waals surface area contributed by atoms with Gasteiger partial charge in [-0.15, -0.1) is 0 Å². The molecule has 7 heteroatoms. The third-order valence-electron chi connectivity index (χ3n) is 2.20. The number of hydrogen-bond acceptors (Lipinski definition) is 6. The van der Waals surface area contributed by atoms with Gasteiger partial charge < -0.3 is 10.5 Å². The second-order valence-corrected chi connectivity index (χ2v) is 3.82. The van der Waals surface area contributed by atoms with Gasteiger partial charge in [-0.2, -0.15) is 4.98 Å². The molecular formula is C9H12ClN5O. The Morgan fingerprint density at radius 3 is 2.81 bits per heavy atom. The molecule has 2 heterocycles. The van der Waals surface area contributed by atoms with Gasteiger partial charge in [-0.1, -0.05) is 11.6 Å². The topological polar surface area (TPSA) is 85.4 Å². The van der Waals surface area contributed by atoms with E-state index in [4.69, 9.17) is 22.1 Å². The minimum atomic E-state index is -0.349. The Hall–Kier alpha value is -1.40. The van der Waals surface area contributed by atoms with E-state index in [0.29, 0.717) is 23.1 Å². The standard InChI is InChI=1S/C9H12ClN5O/c1-4-13-7(11)6(9(14-4)16-2)8-12-3-5(10)15-8/h3,5,8,15H,1-2H3,(H2,11,13,14). The van der Waals surface area contributed by atoms with Gasteiger partial charge in [0.1, 0.15) is 23.3 Å². The second kappa shape index (κ2) is 4.23. The highest BCUT2D eigenvalue weighted by atomic mass is 35.5. The van der Waals surface area contributed by atoms with E-state index >= 15 is 0 Å². The van der Waals surface area contributed by atoms with Gasteiger partial charge in [-0.3, -0.25) is 10.3 Å². The molecule has 6 nitrogen and oxygen atoms in total. The summed E-state index contributed by atoms with van der Waals surface area (Å²) in [5.74, 6) is 1.33. The van der Waals surface area contributed by atoms with Crippen molar-refractivity contribution in [2.24, 2.45) is 4.99 Å². The van der Waals surface area contributed by atoms with Crippen molar-refractivity contribution in [1.29, 1.82) is 0 Å². The van der Waals surface area contributed by atoms with Crippen LogP contribution in [-0.4, -0.2) is 28.8 Å². The van der Waals surface area contributed by atoms with Crippen LogP contribution in [0.1, 0.15) is 17.6 Å². The first-order valence-electron chi connectivity index (χ1n) is 4.73. The fraction of sp³-hybridized carbons (Fsp3) is 0.444. The molecule has 0 aliphatic carbocycles. The monoisotopic (exact) mass is 241 g/mol.